The van der Waals surface area contributed by atoms with Crippen LogP contribution in [-0.4, -0.2) is 41.8 Å². The quantitative estimate of drug-likeness (QED) is 0.784. The minimum atomic E-state index is -0.903. The lowest BCUT2D eigenvalue weighted by atomic mass is 9.66. The van der Waals surface area contributed by atoms with Crippen molar-refractivity contribution in [3.8, 4) is 0 Å². The lowest BCUT2D eigenvalue weighted by Crippen LogP contribution is -2.46. The van der Waals surface area contributed by atoms with Crippen LogP contribution in [0, 0.1) is 10.8 Å². The highest BCUT2D eigenvalue weighted by atomic mass is 16.6. The molecule has 5 nitrogen and oxygen atoms in total. The third-order valence-corrected chi connectivity index (χ3v) is 3.70. The minimum absolute atomic E-state index is 0.144. The molecule has 0 aliphatic carbocycles. The number of carboxylic acid groups (broad SMARTS) is 1. The summed E-state index contributed by atoms with van der Waals surface area (Å²) in [6.45, 7) is 9.89. The number of carbonyl (C=O) groups excluding carboxylic acids is 1. The van der Waals surface area contributed by atoms with Crippen molar-refractivity contribution < 1.29 is 19.4 Å². The fourth-order valence-electron chi connectivity index (χ4n) is 2.29. The van der Waals surface area contributed by atoms with E-state index in [4.69, 9.17) is 4.74 Å². The van der Waals surface area contributed by atoms with Gasteiger partial charge in [0.05, 0.1) is 5.41 Å². The van der Waals surface area contributed by atoms with Gasteiger partial charge in [-0.05, 0) is 11.8 Å². The number of nitrogens with zero attached hydrogens (tertiary/aromatic N) is 1. The lowest BCUT2D eigenvalue weighted by Gasteiger charge is -2.37. The highest BCUT2D eigenvalue weighted by molar-refractivity contribution is 5.78. The summed E-state index contributed by atoms with van der Waals surface area (Å²) in [5, 5.41) is 9.48. The van der Waals surface area contributed by atoms with Gasteiger partial charge in [0.1, 0.15) is 6.61 Å². The molecule has 102 valence electrons. The van der Waals surface area contributed by atoms with Gasteiger partial charge >= 0.3 is 12.1 Å². The highest BCUT2D eigenvalue weighted by Gasteiger charge is 2.54. The fourth-order valence-corrected chi connectivity index (χ4v) is 2.29. The molecule has 1 atom stereocenters. The first-order valence-corrected chi connectivity index (χ1v) is 6.00. The molecule has 1 N–H and O–H groups in total. The first-order chi connectivity index (χ1) is 8.24. The molecule has 1 aliphatic rings. The molecule has 0 spiro atoms. The van der Waals surface area contributed by atoms with E-state index in [9.17, 15) is 14.7 Å². The predicted molar refractivity (Wildman–Crippen MR) is 67.3 cm³/mol. The number of likely N-dealkylation sites (tertiary alicyclic amines) is 1. The Hall–Kier alpha value is -1.52. The van der Waals surface area contributed by atoms with Gasteiger partial charge in [-0.1, -0.05) is 33.4 Å². The number of ether oxygens (including phenoxy) is 1. The number of hydrogen-bond donors (Lipinski definition) is 1. The summed E-state index contributed by atoms with van der Waals surface area (Å²) in [5.74, 6) is -0.853. The lowest BCUT2D eigenvalue weighted by molar-refractivity contribution is -0.155. The molecule has 18 heavy (non-hydrogen) atoms. The number of rotatable bonds is 3. The Kier molecular flexibility index (Phi) is 4.04. The number of carboxylic acids is 1. The largest absolute Gasteiger partial charge is 0.481 e. The fraction of sp³-hybridized carbons (Fsp3) is 0.692. The van der Waals surface area contributed by atoms with Crippen LogP contribution >= 0.6 is 0 Å². The molecule has 1 fully saturated rings. The molecule has 0 saturated carbocycles. The van der Waals surface area contributed by atoms with E-state index in [-0.39, 0.29) is 13.2 Å². The zero-order valence-electron chi connectivity index (χ0n) is 11.2. The average Bonchev–Trinajstić information content (AvgIpc) is 2.71. The summed E-state index contributed by atoms with van der Waals surface area (Å²) in [6, 6.07) is 0. The second-order valence-corrected chi connectivity index (χ2v) is 5.67. The smallest absolute Gasteiger partial charge is 0.410 e. The van der Waals surface area contributed by atoms with E-state index < -0.39 is 22.9 Å². The Labute approximate surface area is 107 Å². The molecular formula is C13H21NO4. The Morgan fingerprint density at radius 1 is 1.50 bits per heavy atom. The molecule has 1 aliphatic heterocycles. The summed E-state index contributed by atoms with van der Waals surface area (Å²) in [7, 11) is 0. The van der Waals surface area contributed by atoms with Crippen LogP contribution in [0.15, 0.2) is 12.7 Å². The summed E-state index contributed by atoms with van der Waals surface area (Å²) < 4.78 is 4.94. The van der Waals surface area contributed by atoms with Crippen LogP contribution in [0.25, 0.3) is 0 Å². The Morgan fingerprint density at radius 3 is 2.50 bits per heavy atom. The van der Waals surface area contributed by atoms with Crippen molar-refractivity contribution in [3.63, 3.8) is 0 Å². The van der Waals surface area contributed by atoms with Crippen molar-refractivity contribution in [1.82, 2.24) is 4.90 Å². The van der Waals surface area contributed by atoms with Gasteiger partial charge in [-0.15, -0.1) is 0 Å². The maximum absolute atomic E-state index is 11.7. The van der Waals surface area contributed by atoms with E-state index in [2.05, 4.69) is 6.58 Å². The molecular weight excluding hydrogens is 234 g/mol. The highest BCUT2D eigenvalue weighted by Crippen LogP contribution is 2.46. The number of carbonyl (C=O) groups is 2. The van der Waals surface area contributed by atoms with Crippen molar-refractivity contribution in [1.29, 1.82) is 0 Å². The molecule has 0 aromatic carbocycles. The van der Waals surface area contributed by atoms with Crippen molar-refractivity contribution in [3.05, 3.63) is 12.7 Å². The van der Waals surface area contributed by atoms with Crippen molar-refractivity contribution in [2.24, 2.45) is 10.8 Å². The molecule has 1 saturated heterocycles. The maximum Gasteiger partial charge on any atom is 0.410 e. The van der Waals surface area contributed by atoms with Crippen molar-refractivity contribution in [2.45, 2.75) is 27.2 Å². The van der Waals surface area contributed by atoms with E-state index in [0.717, 1.165) is 0 Å². The third kappa shape index (κ3) is 2.49. The first-order valence-electron chi connectivity index (χ1n) is 6.00. The van der Waals surface area contributed by atoms with Gasteiger partial charge in [-0.25, -0.2) is 4.79 Å². The van der Waals surface area contributed by atoms with Crippen molar-refractivity contribution in [2.75, 3.05) is 19.7 Å². The predicted octanol–water partition coefficient (Wildman–Crippen LogP) is 2.13. The Bertz CT molecular complexity index is 358. The molecule has 1 rings (SSSR count). The van der Waals surface area contributed by atoms with Gasteiger partial charge in [0.2, 0.25) is 0 Å². The third-order valence-electron chi connectivity index (χ3n) is 3.70. The van der Waals surface area contributed by atoms with Gasteiger partial charge in [0.15, 0.2) is 0 Å². The van der Waals surface area contributed by atoms with Gasteiger partial charge in [0, 0.05) is 13.1 Å². The molecule has 1 unspecified atom stereocenters. The second-order valence-electron chi connectivity index (χ2n) is 5.67. The number of amides is 1. The summed E-state index contributed by atoms with van der Waals surface area (Å²) >= 11 is 0. The Morgan fingerprint density at radius 2 is 2.11 bits per heavy atom. The molecule has 0 aromatic heterocycles. The zero-order chi connectivity index (χ0) is 14.0. The molecule has 0 radical (unpaired) electrons. The Balaban J connectivity index is 2.81. The van der Waals surface area contributed by atoms with Crippen LogP contribution in [0.2, 0.25) is 0 Å². The molecule has 1 heterocycles. The van der Waals surface area contributed by atoms with Gasteiger partial charge in [-0.2, -0.15) is 0 Å². The van der Waals surface area contributed by atoms with Crippen LogP contribution in [0.1, 0.15) is 27.2 Å². The van der Waals surface area contributed by atoms with Gasteiger partial charge in [0.25, 0.3) is 0 Å². The van der Waals surface area contributed by atoms with E-state index in [1.807, 2.05) is 20.8 Å². The molecule has 0 aromatic rings. The normalized spacial score (nSPS) is 23.8. The van der Waals surface area contributed by atoms with E-state index >= 15 is 0 Å². The van der Waals surface area contributed by atoms with E-state index in [1.165, 1.54) is 11.0 Å². The first kappa shape index (κ1) is 14.5. The molecule has 5 heteroatoms. The summed E-state index contributed by atoms with van der Waals surface area (Å²) in [4.78, 5) is 24.7. The number of hydrogen-bond acceptors (Lipinski definition) is 3. The topological polar surface area (TPSA) is 66.8 Å². The average molecular weight is 255 g/mol. The van der Waals surface area contributed by atoms with Crippen LogP contribution in [0.5, 0.6) is 0 Å². The van der Waals surface area contributed by atoms with Crippen LogP contribution in [0.4, 0.5) is 4.79 Å². The SMILES string of the molecule is C=CCOC(=O)N1CCC(C(=O)O)(C(C)(C)C)C1. The minimum Gasteiger partial charge on any atom is -0.481 e. The van der Waals surface area contributed by atoms with Crippen LogP contribution in [0.3, 0.4) is 0 Å². The second kappa shape index (κ2) is 5.00. The maximum atomic E-state index is 11.7. The molecule has 0 bridgehead atoms. The van der Waals surface area contributed by atoms with Crippen LogP contribution in [-0.2, 0) is 9.53 Å². The monoisotopic (exact) mass is 255 g/mol. The van der Waals surface area contributed by atoms with Gasteiger partial charge in [-0.3, -0.25) is 4.79 Å². The summed E-state index contributed by atoms with van der Waals surface area (Å²) in [6.07, 6.45) is 1.47. The van der Waals surface area contributed by atoms with E-state index in [1.54, 1.807) is 0 Å². The van der Waals surface area contributed by atoms with Gasteiger partial charge < -0.3 is 14.7 Å². The standard InChI is InChI=1S/C13H21NO4/c1-5-8-18-11(17)14-7-6-13(9-14,10(15)16)12(2,3)4/h5H,1,6-9H2,2-4H3,(H,15,16). The number of aliphatic carboxylic acids is 1. The summed E-state index contributed by atoms with van der Waals surface area (Å²) in [5.41, 5.74) is -1.31. The van der Waals surface area contributed by atoms with E-state index in [0.29, 0.717) is 13.0 Å². The van der Waals surface area contributed by atoms with Crippen LogP contribution < -0.4 is 0 Å². The van der Waals surface area contributed by atoms with Crippen molar-refractivity contribution >= 4 is 12.1 Å². The zero-order valence-corrected chi connectivity index (χ0v) is 11.2. The molecule has 1 amide bonds.